The third-order valence-corrected chi connectivity index (χ3v) is 5.41. The van der Waals surface area contributed by atoms with Gasteiger partial charge in [0.2, 0.25) is 11.8 Å². The lowest BCUT2D eigenvalue weighted by molar-refractivity contribution is -0.130. The van der Waals surface area contributed by atoms with Crippen LogP contribution in [0.25, 0.3) is 0 Å². The second-order valence-electron chi connectivity index (χ2n) is 7.49. The molecule has 2 amide bonds. The summed E-state index contributed by atoms with van der Waals surface area (Å²) in [5, 5.41) is 16.4. The Labute approximate surface area is 166 Å². The zero-order valence-electron chi connectivity index (χ0n) is 16.5. The number of piperazine rings is 2. The Balaban J connectivity index is 1.39. The predicted octanol–water partition coefficient (Wildman–Crippen LogP) is -0.894. The molecule has 28 heavy (non-hydrogen) atoms. The second-order valence-corrected chi connectivity index (χ2v) is 7.49. The molecule has 0 bridgehead atoms. The van der Waals surface area contributed by atoms with Gasteiger partial charge in [-0.3, -0.25) is 14.5 Å². The Morgan fingerprint density at radius 2 is 1.89 bits per heavy atom. The molecule has 0 spiro atoms. The van der Waals surface area contributed by atoms with E-state index in [0.717, 1.165) is 31.9 Å². The molecule has 2 atom stereocenters. The zero-order chi connectivity index (χ0) is 19.9. The normalized spacial score (nSPS) is 22.0. The summed E-state index contributed by atoms with van der Waals surface area (Å²) in [6.45, 7) is 7.42. The number of anilines is 1. The number of β-amino-alcohol motifs (C(OH)–C–C–N with tert-alkyl or cyclic N) is 1. The van der Waals surface area contributed by atoms with Gasteiger partial charge in [-0.25, -0.2) is 0 Å². The van der Waals surface area contributed by atoms with Crippen LogP contribution in [0.1, 0.15) is 6.92 Å². The van der Waals surface area contributed by atoms with E-state index < -0.39 is 6.10 Å². The van der Waals surface area contributed by atoms with Gasteiger partial charge in [-0.1, -0.05) is 18.2 Å². The number of carbonyl (C=O) groups excluding carboxylic acids is 2. The highest BCUT2D eigenvalue weighted by molar-refractivity contribution is 5.82. The molecule has 0 radical (unpaired) electrons. The highest BCUT2D eigenvalue weighted by atomic mass is 16.3. The van der Waals surface area contributed by atoms with Gasteiger partial charge in [-0.15, -0.1) is 0 Å². The molecule has 0 aromatic heterocycles. The van der Waals surface area contributed by atoms with Crippen LogP contribution in [0.4, 0.5) is 5.69 Å². The first kappa shape index (κ1) is 20.6. The van der Waals surface area contributed by atoms with Crippen molar-refractivity contribution in [2.75, 3.05) is 63.8 Å². The number of rotatable bonds is 6. The number of carbonyl (C=O) groups is 2. The number of hydrogen-bond donors (Lipinski definition) is 3. The third-order valence-electron chi connectivity index (χ3n) is 5.41. The highest BCUT2D eigenvalue weighted by Gasteiger charge is 2.26. The monoisotopic (exact) mass is 389 g/mol. The fourth-order valence-electron chi connectivity index (χ4n) is 3.75. The molecule has 1 aromatic rings. The number of hydrogen-bond acceptors (Lipinski definition) is 6. The lowest BCUT2D eigenvalue weighted by Crippen LogP contribution is -2.58. The summed E-state index contributed by atoms with van der Waals surface area (Å²) in [6.07, 6.45) is -0.623. The van der Waals surface area contributed by atoms with Gasteiger partial charge in [0.15, 0.2) is 0 Å². The SMILES string of the molecule is CC(=O)N1CCN(C[C@H](O)CNC(=O)C2CN(c3ccccc3)CCN2)CC1. The Hall–Kier alpha value is -2.16. The zero-order valence-corrected chi connectivity index (χ0v) is 16.5. The van der Waals surface area contributed by atoms with Crippen LogP contribution in [0.2, 0.25) is 0 Å². The van der Waals surface area contributed by atoms with E-state index in [1.165, 1.54) is 0 Å². The van der Waals surface area contributed by atoms with Crippen molar-refractivity contribution in [2.45, 2.75) is 19.1 Å². The van der Waals surface area contributed by atoms with Crippen molar-refractivity contribution in [3.8, 4) is 0 Å². The van der Waals surface area contributed by atoms with E-state index in [9.17, 15) is 14.7 Å². The minimum absolute atomic E-state index is 0.0823. The smallest absolute Gasteiger partial charge is 0.239 e. The van der Waals surface area contributed by atoms with E-state index >= 15 is 0 Å². The first-order chi connectivity index (χ1) is 13.5. The Kier molecular flexibility index (Phi) is 7.24. The lowest BCUT2D eigenvalue weighted by Gasteiger charge is -2.36. The number of para-hydroxylation sites is 1. The van der Waals surface area contributed by atoms with Gasteiger partial charge in [-0.2, -0.15) is 0 Å². The molecule has 8 nitrogen and oxygen atoms in total. The summed E-state index contributed by atoms with van der Waals surface area (Å²) in [6, 6.07) is 9.79. The van der Waals surface area contributed by atoms with Gasteiger partial charge >= 0.3 is 0 Å². The standard InChI is InChI=1S/C20H31N5O3/c1-16(26)24-11-9-23(10-12-24)14-18(27)13-22-20(28)19-15-25(8-7-21-19)17-5-3-2-4-6-17/h2-6,18-19,21,27H,7-15H2,1H3,(H,22,28)/t18-,19?/m1/s1. The topological polar surface area (TPSA) is 88.1 Å². The molecule has 3 N–H and O–H groups in total. The van der Waals surface area contributed by atoms with Gasteiger partial charge in [-0.05, 0) is 12.1 Å². The number of nitrogens with one attached hydrogen (secondary N) is 2. The maximum absolute atomic E-state index is 12.5. The average Bonchev–Trinajstić information content (AvgIpc) is 2.73. The number of benzene rings is 1. The lowest BCUT2D eigenvalue weighted by atomic mass is 10.1. The van der Waals surface area contributed by atoms with Crippen LogP contribution in [-0.2, 0) is 9.59 Å². The second kappa shape index (κ2) is 9.86. The Morgan fingerprint density at radius 3 is 2.57 bits per heavy atom. The summed E-state index contributed by atoms with van der Waals surface area (Å²) in [5.74, 6) is 0.0121. The molecule has 0 aliphatic carbocycles. The van der Waals surface area contributed by atoms with Crippen LogP contribution in [0.15, 0.2) is 30.3 Å². The summed E-state index contributed by atoms with van der Waals surface area (Å²) in [4.78, 5) is 30.0. The van der Waals surface area contributed by atoms with E-state index in [0.29, 0.717) is 26.2 Å². The molecular weight excluding hydrogens is 358 g/mol. The fraction of sp³-hybridized carbons (Fsp3) is 0.600. The Morgan fingerprint density at radius 1 is 1.18 bits per heavy atom. The van der Waals surface area contributed by atoms with Crippen LogP contribution in [-0.4, -0.2) is 97.8 Å². The quantitative estimate of drug-likeness (QED) is 0.585. The molecule has 0 saturated carbocycles. The minimum atomic E-state index is -0.623. The fourth-order valence-corrected chi connectivity index (χ4v) is 3.75. The summed E-state index contributed by atoms with van der Waals surface area (Å²) >= 11 is 0. The van der Waals surface area contributed by atoms with E-state index in [2.05, 4.69) is 32.6 Å². The molecule has 2 saturated heterocycles. The van der Waals surface area contributed by atoms with Crippen molar-refractivity contribution in [1.29, 1.82) is 0 Å². The predicted molar refractivity (Wildman–Crippen MR) is 108 cm³/mol. The third kappa shape index (κ3) is 5.67. The molecule has 154 valence electrons. The molecule has 1 aromatic carbocycles. The van der Waals surface area contributed by atoms with Crippen LogP contribution in [0, 0.1) is 0 Å². The maximum Gasteiger partial charge on any atom is 0.239 e. The van der Waals surface area contributed by atoms with Crippen molar-refractivity contribution in [2.24, 2.45) is 0 Å². The molecule has 2 heterocycles. The van der Waals surface area contributed by atoms with Gasteiger partial charge in [0, 0.05) is 71.5 Å². The van der Waals surface area contributed by atoms with Crippen molar-refractivity contribution in [3.05, 3.63) is 30.3 Å². The van der Waals surface area contributed by atoms with Crippen LogP contribution in [0.5, 0.6) is 0 Å². The average molecular weight is 390 g/mol. The number of amides is 2. The van der Waals surface area contributed by atoms with Crippen molar-refractivity contribution in [3.63, 3.8) is 0 Å². The number of aliphatic hydroxyl groups excluding tert-OH is 1. The van der Waals surface area contributed by atoms with Gasteiger partial charge in [0.05, 0.1) is 6.10 Å². The molecule has 2 aliphatic rings. The van der Waals surface area contributed by atoms with Crippen molar-refractivity contribution < 1.29 is 14.7 Å². The molecular formula is C20H31N5O3. The molecule has 2 fully saturated rings. The largest absolute Gasteiger partial charge is 0.390 e. The van der Waals surface area contributed by atoms with Crippen LogP contribution in [0.3, 0.4) is 0 Å². The molecule has 2 aliphatic heterocycles. The van der Waals surface area contributed by atoms with Crippen LogP contribution >= 0.6 is 0 Å². The van der Waals surface area contributed by atoms with Crippen molar-refractivity contribution in [1.82, 2.24) is 20.4 Å². The van der Waals surface area contributed by atoms with E-state index in [-0.39, 0.29) is 24.4 Å². The summed E-state index contributed by atoms with van der Waals surface area (Å²) < 4.78 is 0. The van der Waals surface area contributed by atoms with E-state index in [4.69, 9.17) is 0 Å². The minimum Gasteiger partial charge on any atom is -0.390 e. The maximum atomic E-state index is 12.5. The van der Waals surface area contributed by atoms with Crippen LogP contribution < -0.4 is 15.5 Å². The van der Waals surface area contributed by atoms with Crippen molar-refractivity contribution >= 4 is 17.5 Å². The summed E-state index contributed by atoms with van der Waals surface area (Å²) in [7, 11) is 0. The van der Waals surface area contributed by atoms with E-state index in [1.54, 1.807) is 6.92 Å². The number of aliphatic hydroxyl groups is 1. The Bertz CT molecular complexity index is 649. The number of nitrogens with zero attached hydrogens (tertiary/aromatic N) is 3. The first-order valence-electron chi connectivity index (χ1n) is 10.00. The summed E-state index contributed by atoms with van der Waals surface area (Å²) in [5.41, 5.74) is 1.12. The first-order valence-corrected chi connectivity index (χ1v) is 10.00. The van der Waals surface area contributed by atoms with E-state index in [1.807, 2.05) is 23.1 Å². The molecule has 1 unspecified atom stereocenters. The highest BCUT2D eigenvalue weighted by Crippen LogP contribution is 2.15. The molecule has 8 heteroatoms. The van der Waals surface area contributed by atoms with Gasteiger partial charge in [0.25, 0.3) is 0 Å². The van der Waals surface area contributed by atoms with Gasteiger partial charge < -0.3 is 25.5 Å². The van der Waals surface area contributed by atoms with Gasteiger partial charge in [0.1, 0.15) is 6.04 Å². The molecule has 3 rings (SSSR count).